The van der Waals surface area contributed by atoms with E-state index >= 15 is 0 Å². The minimum absolute atomic E-state index is 0.0249. The maximum absolute atomic E-state index is 12.4. The number of H-pyrrole nitrogens is 1. The highest BCUT2D eigenvalue weighted by atomic mass is 16.1. The maximum Gasteiger partial charge on any atom is 0.190 e. The molecule has 5 heteroatoms. The SMILES string of the molecule is Cc1cc2[nH]c(-c3cncn3C)cc(=O)c2cc1CCC#N. The lowest BCUT2D eigenvalue weighted by atomic mass is 10.0. The second kappa shape index (κ2) is 5.49. The smallest absolute Gasteiger partial charge is 0.190 e. The number of aryl methyl sites for hydroxylation is 3. The number of aromatic nitrogens is 3. The summed E-state index contributed by atoms with van der Waals surface area (Å²) in [5, 5.41) is 9.39. The Bertz CT molecular complexity index is 943. The van der Waals surface area contributed by atoms with Gasteiger partial charge >= 0.3 is 0 Å². The van der Waals surface area contributed by atoms with Crippen LogP contribution in [0, 0.1) is 18.3 Å². The Morgan fingerprint density at radius 1 is 1.36 bits per heavy atom. The number of hydrogen-bond acceptors (Lipinski definition) is 3. The lowest BCUT2D eigenvalue weighted by Crippen LogP contribution is -2.06. The molecule has 22 heavy (non-hydrogen) atoms. The van der Waals surface area contributed by atoms with Crippen LogP contribution in [-0.4, -0.2) is 14.5 Å². The zero-order valence-corrected chi connectivity index (χ0v) is 12.6. The van der Waals surface area contributed by atoms with Gasteiger partial charge in [0.2, 0.25) is 0 Å². The van der Waals surface area contributed by atoms with E-state index < -0.39 is 0 Å². The van der Waals surface area contributed by atoms with Gasteiger partial charge in [0.1, 0.15) is 0 Å². The molecule has 0 radical (unpaired) electrons. The monoisotopic (exact) mass is 292 g/mol. The summed E-state index contributed by atoms with van der Waals surface area (Å²) in [5.41, 5.74) is 4.53. The highest BCUT2D eigenvalue weighted by Gasteiger charge is 2.09. The summed E-state index contributed by atoms with van der Waals surface area (Å²) in [7, 11) is 1.89. The third-order valence-corrected chi connectivity index (χ3v) is 3.89. The van der Waals surface area contributed by atoms with E-state index in [-0.39, 0.29) is 5.43 Å². The molecule has 2 heterocycles. The number of imidazole rings is 1. The third kappa shape index (κ3) is 2.40. The van der Waals surface area contributed by atoms with E-state index in [9.17, 15) is 4.79 Å². The van der Waals surface area contributed by atoms with Crippen LogP contribution in [0.1, 0.15) is 17.5 Å². The Labute approximate surface area is 127 Å². The molecule has 0 fully saturated rings. The van der Waals surface area contributed by atoms with Crippen molar-refractivity contribution in [1.82, 2.24) is 14.5 Å². The Morgan fingerprint density at radius 3 is 2.86 bits per heavy atom. The van der Waals surface area contributed by atoms with Gasteiger partial charge in [0.25, 0.3) is 0 Å². The van der Waals surface area contributed by atoms with Gasteiger partial charge in [-0.1, -0.05) is 0 Å². The predicted octanol–water partition coefficient (Wildman–Crippen LogP) is 2.69. The first-order valence-corrected chi connectivity index (χ1v) is 7.10. The highest BCUT2D eigenvalue weighted by Crippen LogP contribution is 2.21. The molecule has 0 bridgehead atoms. The number of nitriles is 1. The van der Waals surface area contributed by atoms with Gasteiger partial charge in [-0.05, 0) is 36.6 Å². The van der Waals surface area contributed by atoms with E-state index in [0.29, 0.717) is 18.2 Å². The van der Waals surface area contributed by atoms with Gasteiger partial charge in [-0.15, -0.1) is 0 Å². The van der Waals surface area contributed by atoms with Gasteiger partial charge in [0, 0.05) is 24.9 Å². The molecule has 5 nitrogen and oxygen atoms in total. The number of pyridine rings is 1. The normalized spacial score (nSPS) is 10.8. The summed E-state index contributed by atoms with van der Waals surface area (Å²) >= 11 is 0. The maximum atomic E-state index is 12.4. The first-order chi connectivity index (χ1) is 10.6. The largest absolute Gasteiger partial charge is 0.353 e. The fraction of sp³-hybridized carbons (Fsp3) is 0.235. The molecule has 0 aliphatic heterocycles. The summed E-state index contributed by atoms with van der Waals surface area (Å²) in [6.45, 7) is 2.00. The Kier molecular flexibility index (Phi) is 3.51. The molecular formula is C17H16N4O. The Hall–Kier alpha value is -2.87. The number of nitrogens with one attached hydrogen (secondary N) is 1. The van der Waals surface area contributed by atoms with Crippen LogP contribution < -0.4 is 5.43 Å². The van der Waals surface area contributed by atoms with Crippen LogP contribution in [0.3, 0.4) is 0 Å². The van der Waals surface area contributed by atoms with Crippen LogP contribution in [0.15, 0.2) is 35.5 Å². The van der Waals surface area contributed by atoms with Gasteiger partial charge in [0.15, 0.2) is 5.43 Å². The highest BCUT2D eigenvalue weighted by molar-refractivity contribution is 5.82. The van der Waals surface area contributed by atoms with Crippen LogP contribution in [0.5, 0.6) is 0 Å². The first kappa shape index (κ1) is 14.1. The van der Waals surface area contributed by atoms with Crippen molar-refractivity contribution in [3.63, 3.8) is 0 Å². The lowest BCUT2D eigenvalue weighted by Gasteiger charge is -2.09. The second-order valence-electron chi connectivity index (χ2n) is 5.42. The van der Waals surface area contributed by atoms with Crippen molar-refractivity contribution in [2.24, 2.45) is 7.05 Å². The van der Waals surface area contributed by atoms with Crippen LogP contribution in [0.25, 0.3) is 22.3 Å². The van der Waals surface area contributed by atoms with Crippen molar-refractivity contribution >= 4 is 10.9 Å². The van der Waals surface area contributed by atoms with Crippen LogP contribution >= 0.6 is 0 Å². The summed E-state index contributed by atoms with van der Waals surface area (Å²) in [6, 6.07) is 7.62. The van der Waals surface area contributed by atoms with Crippen molar-refractivity contribution in [2.75, 3.05) is 0 Å². The van der Waals surface area contributed by atoms with Crippen molar-refractivity contribution in [1.29, 1.82) is 5.26 Å². The van der Waals surface area contributed by atoms with Crippen LogP contribution in [0.4, 0.5) is 0 Å². The van der Waals surface area contributed by atoms with E-state index in [1.807, 2.05) is 30.7 Å². The van der Waals surface area contributed by atoms with Crippen molar-refractivity contribution in [2.45, 2.75) is 19.8 Å². The van der Waals surface area contributed by atoms with E-state index in [1.54, 1.807) is 18.6 Å². The minimum Gasteiger partial charge on any atom is -0.353 e. The molecule has 0 aliphatic rings. The van der Waals surface area contributed by atoms with Crippen molar-refractivity contribution in [3.05, 3.63) is 52.1 Å². The molecule has 0 atom stereocenters. The molecule has 110 valence electrons. The summed E-state index contributed by atoms with van der Waals surface area (Å²) < 4.78 is 1.87. The molecule has 2 aromatic heterocycles. The molecule has 0 saturated carbocycles. The number of nitrogens with zero attached hydrogens (tertiary/aromatic N) is 3. The first-order valence-electron chi connectivity index (χ1n) is 7.10. The van der Waals surface area contributed by atoms with Gasteiger partial charge in [-0.2, -0.15) is 5.26 Å². The van der Waals surface area contributed by atoms with E-state index in [2.05, 4.69) is 16.0 Å². The van der Waals surface area contributed by atoms with E-state index in [0.717, 1.165) is 28.0 Å². The van der Waals surface area contributed by atoms with Gasteiger partial charge in [-0.3, -0.25) is 4.79 Å². The number of rotatable bonds is 3. The zero-order valence-electron chi connectivity index (χ0n) is 12.6. The summed E-state index contributed by atoms with van der Waals surface area (Å²) in [4.78, 5) is 19.8. The minimum atomic E-state index is -0.0249. The molecule has 0 saturated heterocycles. The topological polar surface area (TPSA) is 74.5 Å². The number of aromatic amines is 1. The van der Waals surface area contributed by atoms with Crippen LogP contribution in [0.2, 0.25) is 0 Å². The lowest BCUT2D eigenvalue weighted by molar-refractivity contribution is 0.917. The van der Waals surface area contributed by atoms with Gasteiger partial charge < -0.3 is 9.55 Å². The average molecular weight is 292 g/mol. The van der Waals surface area contributed by atoms with Crippen molar-refractivity contribution in [3.8, 4) is 17.5 Å². The third-order valence-electron chi connectivity index (χ3n) is 3.89. The Balaban J connectivity index is 2.18. The van der Waals surface area contributed by atoms with Gasteiger partial charge in [0.05, 0.1) is 35.5 Å². The summed E-state index contributed by atoms with van der Waals surface area (Å²) in [6.07, 6.45) is 4.55. The molecule has 3 aromatic rings. The van der Waals surface area contributed by atoms with Gasteiger partial charge in [-0.25, -0.2) is 4.98 Å². The standard InChI is InChI=1S/C17H16N4O/c1-11-6-14-13(7-12(11)4-3-5-18)17(22)8-15(20-14)16-9-19-10-21(16)2/h6-10H,3-4H2,1-2H3,(H,20,22). The molecule has 1 N–H and O–H groups in total. The summed E-state index contributed by atoms with van der Waals surface area (Å²) in [5.74, 6) is 0. The molecular weight excluding hydrogens is 276 g/mol. The van der Waals surface area contributed by atoms with E-state index in [4.69, 9.17) is 5.26 Å². The molecule has 0 aliphatic carbocycles. The quantitative estimate of drug-likeness (QED) is 0.806. The second-order valence-corrected chi connectivity index (χ2v) is 5.42. The average Bonchev–Trinajstić information content (AvgIpc) is 2.91. The van der Waals surface area contributed by atoms with Crippen molar-refractivity contribution < 1.29 is 0 Å². The Morgan fingerprint density at radius 2 is 2.18 bits per heavy atom. The zero-order chi connectivity index (χ0) is 15.7. The number of benzene rings is 1. The van der Waals surface area contributed by atoms with Crippen LogP contribution in [-0.2, 0) is 13.5 Å². The number of hydrogen-bond donors (Lipinski definition) is 1. The predicted molar refractivity (Wildman–Crippen MR) is 85.4 cm³/mol. The fourth-order valence-electron chi connectivity index (χ4n) is 2.66. The molecule has 1 aromatic carbocycles. The molecule has 0 spiro atoms. The van der Waals surface area contributed by atoms with E-state index in [1.165, 1.54) is 0 Å². The molecule has 3 rings (SSSR count). The number of fused-ring (bicyclic) bond motifs is 1. The fourth-order valence-corrected chi connectivity index (χ4v) is 2.66. The molecule has 0 amide bonds. The molecule has 0 unspecified atom stereocenters.